The summed E-state index contributed by atoms with van der Waals surface area (Å²) in [6.45, 7) is 6.87. The van der Waals surface area contributed by atoms with Gasteiger partial charge in [0.2, 0.25) is 0 Å². The Bertz CT molecular complexity index is 1200. The number of amides is 1. The third kappa shape index (κ3) is 2.65. The van der Waals surface area contributed by atoms with E-state index in [1.807, 2.05) is 35.0 Å². The predicted molar refractivity (Wildman–Crippen MR) is 118 cm³/mol. The summed E-state index contributed by atoms with van der Waals surface area (Å²) in [5.41, 5.74) is 4.01. The maximum atomic E-state index is 13.3. The second-order valence-corrected chi connectivity index (χ2v) is 9.26. The van der Waals surface area contributed by atoms with Gasteiger partial charge < -0.3 is 5.32 Å². The van der Waals surface area contributed by atoms with Crippen molar-refractivity contribution in [2.75, 3.05) is 5.32 Å². The van der Waals surface area contributed by atoms with Crippen molar-refractivity contribution in [2.24, 2.45) is 5.41 Å². The molecule has 1 fully saturated rings. The Balaban J connectivity index is 1.59. The first kappa shape index (κ1) is 19.5. The Morgan fingerprint density at radius 2 is 1.81 bits per heavy atom. The van der Waals surface area contributed by atoms with E-state index in [1.165, 1.54) is 12.1 Å². The van der Waals surface area contributed by atoms with Gasteiger partial charge >= 0.3 is 0 Å². The van der Waals surface area contributed by atoms with Crippen molar-refractivity contribution in [1.82, 2.24) is 9.78 Å². The van der Waals surface area contributed by atoms with Crippen LogP contribution in [0.2, 0.25) is 0 Å². The number of para-hydroxylation sites is 1. The van der Waals surface area contributed by atoms with Crippen LogP contribution in [-0.2, 0) is 5.41 Å². The van der Waals surface area contributed by atoms with Crippen molar-refractivity contribution in [3.63, 3.8) is 0 Å². The zero-order chi connectivity index (χ0) is 22.0. The Kier molecular flexibility index (Phi) is 4.09. The summed E-state index contributed by atoms with van der Waals surface area (Å²) in [5, 5.41) is 18.6. The van der Waals surface area contributed by atoms with Crippen LogP contribution in [0.5, 0.6) is 0 Å². The smallest absolute Gasteiger partial charge is 0.276 e. The molecule has 3 aromatic rings. The van der Waals surface area contributed by atoms with Crippen LogP contribution in [0, 0.1) is 15.5 Å². The van der Waals surface area contributed by atoms with E-state index in [0.717, 1.165) is 29.8 Å². The number of nitro groups is 1. The fraction of sp³-hybridized carbons (Fsp3) is 0.333. The van der Waals surface area contributed by atoms with Crippen LogP contribution in [0.3, 0.4) is 0 Å². The second-order valence-electron chi connectivity index (χ2n) is 9.26. The average molecular weight is 416 g/mol. The molecule has 1 N–H and O–H groups in total. The van der Waals surface area contributed by atoms with Crippen molar-refractivity contribution in [2.45, 2.75) is 44.9 Å². The van der Waals surface area contributed by atoms with E-state index in [0.29, 0.717) is 11.4 Å². The lowest BCUT2D eigenvalue weighted by molar-refractivity contribution is -0.384. The van der Waals surface area contributed by atoms with Gasteiger partial charge in [0, 0.05) is 28.8 Å². The van der Waals surface area contributed by atoms with Crippen molar-refractivity contribution >= 4 is 17.3 Å². The van der Waals surface area contributed by atoms with Crippen LogP contribution in [0.1, 0.15) is 61.3 Å². The SMILES string of the molecule is CC1(C)[C@@H]2CC[C@]1(C)c1c2c(C(=O)Nc2ccc([N+](=O)[O-])cc2)nn1-c1ccccc1. The molecule has 2 bridgehead atoms. The molecule has 0 unspecified atom stereocenters. The minimum Gasteiger partial charge on any atom is -0.321 e. The van der Waals surface area contributed by atoms with Gasteiger partial charge in [-0.3, -0.25) is 14.9 Å². The van der Waals surface area contributed by atoms with E-state index < -0.39 is 4.92 Å². The summed E-state index contributed by atoms with van der Waals surface area (Å²) in [7, 11) is 0. The minimum absolute atomic E-state index is 0.0146. The van der Waals surface area contributed by atoms with Crippen LogP contribution in [0.25, 0.3) is 5.69 Å². The molecule has 0 aliphatic heterocycles. The van der Waals surface area contributed by atoms with Crippen LogP contribution < -0.4 is 5.32 Å². The van der Waals surface area contributed by atoms with Gasteiger partial charge in [0.1, 0.15) is 0 Å². The van der Waals surface area contributed by atoms with Crippen molar-refractivity contribution < 1.29 is 9.72 Å². The Morgan fingerprint density at radius 1 is 1.13 bits per heavy atom. The minimum atomic E-state index is -0.459. The standard InChI is InChI=1S/C24H24N4O3/c1-23(2)18-13-14-24(23,3)21-19(18)20(26-27(21)16-7-5-4-6-8-16)22(29)25-15-9-11-17(12-10-15)28(30)31/h4-12,18H,13-14H2,1-3H3,(H,25,29)/t18-,24-/m1/s1. The lowest BCUT2D eigenvalue weighted by Gasteiger charge is -2.35. The number of hydrogen-bond acceptors (Lipinski definition) is 4. The molecule has 1 amide bonds. The van der Waals surface area contributed by atoms with Crippen LogP contribution in [-0.4, -0.2) is 20.6 Å². The fourth-order valence-electron chi connectivity index (χ4n) is 5.50. The molecular weight excluding hydrogens is 392 g/mol. The summed E-state index contributed by atoms with van der Waals surface area (Å²) in [6.07, 6.45) is 2.11. The van der Waals surface area contributed by atoms with E-state index in [4.69, 9.17) is 5.10 Å². The van der Waals surface area contributed by atoms with Crippen molar-refractivity contribution in [3.05, 3.63) is 81.7 Å². The number of nitro benzene ring substituents is 1. The van der Waals surface area contributed by atoms with Gasteiger partial charge in [0.25, 0.3) is 11.6 Å². The Labute approximate surface area is 180 Å². The summed E-state index contributed by atoms with van der Waals surface area (Å²) in [6, 6.07) is 15.8. The lowest BCUT2D eigenvalue weighted by Crippen LogP contribution is -2.33. The highest BCUT2D eigenvalue weighted by Gasteiger charge is 2.63. The van der Waals surface area contributed by atoms with E-state index in [9.17, 15) is 14.9 Å². The molecule has 158 valence electrons. The van der Waals surface area contributed by atoms with Crippen LogP contribution >= 0.6 is 0 Å². The Morgan fingerprint density at radius 3 is 2.45 bits per heavy atom. The highest BCUT2D eigenvalue weighted by molar-refractivity contribution is 6.04. The molecule has 0 radical (unpaired) electrons. The quantitative estimate of drug-likeness (QED) is 0.467. The van der Waals surface area contributed by atoms with Gasteiger partial charge in [-0.2, -0.15) is 5.10 Å². The van der Waals surface area contributed by atoms with Gasteiger partial charge in [-0.25, -0.2) is 4.68 Å². The molecule has 7 nitrogen and oxygen atoms in total. The highest BCUT2D eigenvalue weighted by Crippen LogP contribution is 2.68. The number of fused-ring (bicyclic) bond motifs is 5. The first-order chi connectivity index (χ1) is 14.7. The zero-order valence-corrected chi connectivity index (χ0v) is 17.8. The number of aromatic nitrogens is 2. The molecule has 2 aromatic carbocycles. The third-order valence-electron chi connectivity index (χ3n) is 7.57. The summed E-state index contributed by atoms with van der Waals surface area (Å²) in [4.78, 5) is 23.7. The maximum absolute atomic E-state index is 13.3. The van der Waals surface area contributed by atoms with E-state index in [-0.39, 0.29) is 28.3 Å². The summed E-state index contributed by atoms with van der Waals surface area (Å²) < 4.78 is 1.95. The molecule has 1 heterocycles. The molecule has 31 heavy (non-hydrogen) atoms. The Hall–Kier alpha value is -3.48. The molecule has 2 aliphatic carbocycles. The molecule has 0 saturated heterocycles. The molecule has 1 aromatic heterocycles. The number of anilines is 1. The number of benzene rings is 2. The molecule has 5 rings (SSSR count). The topological polar surface area (TPSA) is 90.1 Å². The first-order valence-electron chi connectivity index (χ1n) is 10.5. The molecular formula is C24H24N4O3. The second kappa shape index (κ2) is 6.51. The number of rotatable bonds is 4. The van der Waals surface area contributed by atoms with Gasteiger partial charge in [-0.1, -0.05) is 39.0 Å². The molecule has 7 heteroatoms. The highest BCUT2D eigenvalue weighted by atomic mass is 16.6. The van der Waals surface area contributed by atoms with E-state index >= 15 is 0 Å². The van der Waals surface area contributed by atoms with Gasteiger partial charge in [-0.05, 0) is 48.4 Å². The molecule has 2 atom stereocenters. The third-order valence-corrected chi connectivity index (χ3v) is 7.57. The number of carbonyl (C=O) groups excluding carboxylic acids is 1. The normalized spacial score (nSPS) is 22.9. The van der Waals surface area contributed by atoms with E-state index in [1.54, 1.807) is 12.1 Å². The van der Waals surface area contributed by atoms with Crippen molar-refractivity contribution in [1.29, 1.82) is 0 Å². The largest absolute Gasteiger partial charge is 0.321 e. The lowest BCUT2D eigenvalue weighted by atomic mass is 9.70. The van der Waals surface area contributed by atoms with Gasteiger partial charge in [-0.15, -0.1) is 0 Å². The van der Waals surface area contributed by atoms with E-state index in [2.05, 4.69) is 26.1 Å². The predicted octanol–water partition coefficient (Wildman–Crippen LogP) is 5.21. The number of nitrogens with zero attached hydrogens (tertiary/aromatic N) is 3. The molecule has 0 spiro atoms. The van der Waals surface area contributed by atoms with Gasteiger partial charge in [0.15, 0.2) is 5.69 Å². The summed E-state index contributed by atoms with van der Waals surface area (Å²) in [5.74, 6) is -0.0192. The zero-order valence-electron chi connectivity index (χ0n) is 17.8. The van der Waals surface area contributed by atoms with Gasteiger partial charge in [0.05, 0.1) is 16.3 Å². The maximum Gasteiger partial charge on any atom is 0.276 e. The number of non-ortho nitro benzene ring substituents is 1. The first-order valence-corrected chi connectivity index (χ1v) is 10.5. The fourth-order valence-corrected chi connectivity index (χ4v) is 5.50. The number of hydrogen-bond donors (Lipinski definition) is 1. The number of carbonyl (C=O) groups is 1. The van der Waals surface area contributed by atoms with Crippen LogP contribution in [0.4, 0.5) is 11.4 Å². The monoisotopic (exact) mass is 416 g/mol. The summed E-state index contributed by atoms with van der Waals surface area (Å²) >= 11 is 0. The number of nitrogens with one attached hydrogen (secondary N) is 1. The average Bonchev–Trinajstić information content (AvgIpc) is 3.31. The van der Waals surface area contributed by atoms with Crippen molar-refractivity contribution in [3.8, 4) is 5.69 Å². The molecule has 1 saturated carbocycles. The van der Waals surface area contributed by atoms with Crippen LogP contribution in [0.15, 0.2) is 54.6 Å². The molecule has 2 aliphatic rings.